The zero-order valence-electron chi connectivity index (χ0n) is 20.2. The fourth-order valence-electron chi connectivity index (χ4n) is 3.37. The van der Waals surface area contributed by atoms with Crippen molar-refractivity contribution in [2.75, 3.05) is 13.6 Å². The third-order valence-electron chi connectivity index (χ3n) is 5.73. The maximum Gasteiger partial charge on any atom is 0.242 e. The van der Waals surface area contributed by atoms with Crippen LogP contribution in [0.2, 0.25) is 0 Å². The zero-order valence-corrected chi connectivity index (χ0v) is 22.6. The normalized spacial score (nSPS) is 13.4. The predicted octanol–water partition coefficient (Wildman–Crippen LogP) is 4.18. The van der Waals surface area contributed by atoms with Crippen molar-refractivity contribution in [3.05, 3.63) is 64.6 Å². The molecule has 186 valence electrons. The Kier molecular flexibility index (Phi) is 10.7. The summed E-state index contributed by atoms with van der Waals surface area (Å²) in [7, 11) is -2.11. The largest absolute Gasteiger partial charge is 0.352 e. The van der Waals surface area contributed by atoms with Gasteiger partial charge in [0.1, 0.15) is 6.04 Å². The molecule has 0 bridgehead atoms. The number of nitrogens with one attached hydrogen (secondary N) is 1. The van der Waals surface area contributed by atoms with Crippen LogP contribution in [0.15, 0.2) is 64.0 Å². The van der Waals surface area contributed by atoms with Gasteiger partial charge < -0.3 is 10.2 Å². The lowest BCUT2D eigenvalue weighted by atomic mass is 10.1. The third kappa shape index (κ3) is 7.92. The average Bonchev–Trinajstić information content (AvgIpc) is 2.82. The van der Waals surface area contributed by atoms with Gasteiger partial charge in [-0.1, -0.05) is 53.2 Å². The Labute approximate surface area is 211 Å². The van der Waals surface area contributed by atoms with Gasteiger partial charge in [0.15, 0.2) is 0 Å². The molecule has 2 aromatic carbocycles. The summed E-state index contributed by atoms with van der Waals surface area (Å²) in [4.78, 5) is 27.8. The molecule has 0 aliphatic carbocycles. The summed E-state index contributed by atoms with van der Waals surface area (Å²) < 4.78 is 27.6. The Bertz CT molecular complexity index is 1060. The van der Waals surface area contributed by atoms with Gasteiger partial charge in [-0.15, -0.1) is 0 Å². The first-order valence-corrected chi connectivity index (χ1v) is 13.6. The van der Waals surface area contributed by atoms with Gasteiger partial charge in [-0.3, -0.25) is 9.59 Å². The fraction of sp³-hybridized carbons (Fsp3) is 0.440. The van der Waals surface area contributed by atoms with Crippen LogP contribution < -0.4 is 5.32 Å². The van der Waals surface area contributed by atoms with Gasteiger partial charge in [-0.2, -0.15) is 0 Å². The van der Waals surface area contributed by atoms with Crippen molar-refractivity contribution in [2.24, 2.45) is 0 Å². The Morgan fingerprint density at radius 3 is 2.35 bits per heavy atom. The second-order valence-corrected chi connectivity index (χ2v) is 11.3. The number of amides is 2. The lowest BCUT2D eigenvalue weighted by molar-refractivity contribution is -0.141. The summed E-state index contributed by atoms with van der Waals surface area (Å²) in [6, 6.07) is 15.2. The van der Waals surface area contributed by atoms with Gasteiger partial charge in [0.05, 0.1) is 4.90 Å². The molecule has 0 saturated carbocycles. The van der Waals surface area contributed by atoms with E-state index in [0.29, 0.717) is 6.42 Å². The highest BCUT2D eigenvalue weighted by Crippen LogP contribution is 2.18. The highest BCUT2D eigenvalue weighted by Gasteiger charge is 2.27. The molecule has 0 spiro atoms. The molecule has 0 aliphatic heterocycles. The van der Waals surface area contributed by atoms with Gasteiger partial charge >= 0.3 is 0 Å². The number of hydrogen-bond acceptors (Lipinski definition) is 4. The number of carbonyl (C=O) groups excluding carboxylic acids is 2. The van der Waals surface area contributed by atoms with E-state index in [0.717, 1.165) is 16.5 Å². The first-order valence-electron chi connectivity index (χ1n) is 11.4. The van der Waals surface area contributed by atoms with Crippen LogP contribution in [0.25, 0.3) is 0 Å². The molecule has 2 amide bonds. The van der Waals surface area contributed by atoms with Crippen LogP contribution in [0.1, 0.15) is 45.6 Å². The van der Waals surface area contributed by atoms with Crippen LogP contribution in [0.4, 0.5) is 0 Å². The summed E-state index contributed by atoms with van der Waals surface area (Å²) >= 11 is 3.45. The Balaban J connectivity index is 2.09. The SMILES string of the molecule is CC[C@H](C)NC(=O)[C@@H](C)N(Cc1cccc(Br)c1)C(=O)CCCN(C)S(=O)(=O)c1ccccc1. The molecule has 2 atom stereocenters. The van der Waals surface area contributed by atoms with Gasteiger partial charge in [0.2, 0.25) is 21.8 Å². The molecule has 34 heavy (non-hydrogen) atoms. The fourth-order valence-corrected chi connectivity index (χ4v) is 5.05. The maximum absolute atomic E-state index is 13.2. The van der Waals surface area contributed by atoms with E-state index in [1.165, 1.54) is 11.4 Å². The summed E-state index contributed by atoms with van der Waals surface area (Å²) in [5.41, 5.74) is 0.898. The van der Waals surface area contributed by atoms with Crippen molar-refractivity contribution in [2.45, 2.75) is 63.6 Å². The second-order valence-electron chi connectivity index (χ2n) is 8.39. The number of rotatable bonds is 12. The highest BCUT2D eigenvalue weighted by atomic mass is 79.9. The van der Waals surface area contributed by atoms with Crippen LogP contribution in [0.3, 0.4) is 0 Å². The summed E-state index contributed by atoms with van der Waals surface area (Å²) in [5.74, 6) is -0.404. The summed E-state index contributed by atoms with van der Waals surface area (Å²) in [6.07, 6.45) is 1.26. The molecule has 0 saturated heterocycles. The minimum atomic E-state index is -3.62. The van der Waals surface area contributed by atoms with Crippen LogP contribution in [-0.4, -0.2) is 55.1 Å². The van der Waals surface area contributed by atoms with Gasteiger partial charge in [0, 0.05) is 37.1 Å². The number of sulfonamides is 1. The van der Waals surface area contributed by atoms with E-state index in [1.54, 1.807) is 42.2 Å². The number of halogens is 1. The molecule has 0 aromatic heterocycles. The van der Waals surface area contributed by atoms with Gasteiger partial charge in [-0.05, 0) is 56.5 Å². The molecule has 0 heterocycles. The van der Waals surface area contributed by atoms with E-state index in [9.17, 15) is 18.0 Å². The predicted molar refractivity (Wildman–Crippen MR) is 138 cm³/mol. The number of carbonyl (C=O) groups is 2. The zero-order chi connectivity index (χ0) is 25.3. The standard InChI is InChI=1S/C25H34BrN3O4S/c1-5-19(2)27-25(31)20(3)29(18-21-11-9-12-22(26)17-21)24(30)15-10-16-28(4)34(32,33)23-13-7-6-8-14-23/h6-9,11-14,17,19-20H,5,10,15-16,18H2,1-4H3,(H,27,31)/t19-,20+/m0/s1. The van der Waals surface area contributed by atoms with E-state index in [1.807, 2.05) is 38.1 Å². The van der Waals surface area contributed by atoms with Crippen molar-refractivity contribution in [3.63, 3.8) is 0 Å². The molecule has 2 rings (SSSR count). The van der Waals surface area contributed by atoms with Gasteiger partial charge in [-0.25, -0.2) is 12.7 Å². The average molecular weight is 553 g/mol. The molecule has 0 radical (unpaired) electrons. The van der Waals surface area contributed by atoms with Crippen molar-refractivity contribution in [3.8, 4) is 0 Å². The number of hydrogen-bond donors (Lipinski definition) is 1. The van der Waals surface area contributed by atoms with E-state index < -0.39 is 16.1 Å². The number of benzene rings is 2. The van der Waals surface area contributed by atoms with E-state index in [2.05, 4.69) is 21.2 Å². The third-order valence-corrected chi connectivity index (χ3v) is 8.09. The Morgan fingerprint density at radius 1 is 1.06 bits per heavy atom. The molecule has 0 unspecified atom stereocenters. The molecule has 1 N–H and O–H groups in total. The van der Waals surface area contributed by atoms with Crippen LogP contribution in [0, 0.1) is 0 Å². The van der Waals surface area contributed by atoms with Crippen molar-refractivity contribution < 1.29 is 18.0 Å². The molecule has 2 aromatic rings. The molecule has 0 aliphatic rings. The quantitative estimate of drug-likeness (QED) is 0.428. The van der Waals surface area contributed by atoms with Crippen LogP contribution >= 0.6 is 15.9 Å². The second kappa shape index (κ2) is 13.0. The monoisotopic (exact) mass is 551 g/mol. The molecule has 9 heteroatoms. The van der Waals surface area contributed by atoms with Crippen molar-refractivity contribution in [1.29, 1.82) is 0 Å². The highest BCUT2D eigenvalue weighted by molar-refractivity contribution is 9.10. The van der Waals surface area contributed by atoms with Crippen molar-refractivity contribution >= 4 is 37.8 Å². The van der Waals surface area contributed by atoms with Gasteiger partial charge in [0.25, 0.3) is 0 Å². The number of nitrogens with zero attached hydrogens (tertiary/aromatic N) is 2. The minimum Gasteiger partial charge on any atom is -0.352 e. The van der Waals surface area contributed by atoms with Crippen LogP contribution in [0.5, 0.6) is 0 Å². The molecular formula is C25H34BrN3O4S. The van der Waals surface area contributed by atoms with E-state index >= 15 is 0 Å². The maximum atomic E-state index is 13.2. The van der Waals surface area contributed by atoms with Crippen LogP contribution in [-0.2, 0) is 26.2 Å². The minimum absolute atomic E-state index is 0.00890. The Hall–Kier alpha value is -2.23. The summed E-state index contributed by atoms with van der Waals surface area (Å²) in [5, 5.41) is 2.94. The molecule has 0 fully saturated rings. The smallest absolute Gasteiger partial charge is 0.242 e. The first-order chi connectivity index (χ1) is 16.1. The first kappa shape index (κ1) is 28.0. The lowest BCUT2D eigenvalue weighted by Crippen LogP contribution is -2.49. The van der Waals surface area contributed by atoms with Crippen molar-refractivity contribution in [1.82, 2.24) is 14.5 Å². The Morgan fingerprint density at radius 2 is 1.74 bits per heavy atom. The lowest BCUT2D eigenvalue weighted by Gasteiger charge is -2.30. The summed E-state index contributed by atoms with van der Waals surface area (Å²) in [6.45, 7) is 6.11. The van der Waals surface area contributed by atoms with E-state index in [4.69, 9.17) is 0 Å². The molecule has 7 nitrogen and oxygen atoms in total. The molecular weight excluding hydrogens is 518 g/mol. The topological polar surface area (TPSA) is 86.8 Å². The van der Waals surface area contributed by atoms with E-state index in [-0.39, 0.29) is 42.3 Å².